The number of hydrogen-bond acceptors (Lipinski definition) is 8. The zero-order valence-electron chi connectivity index (χ0n) is 14.5. The first-order chi connectivity index (χ1) is 12.1. The van der Waals surface area contributed by atoms with Crippen molar-refractivity contribution in [3.05, 3.63) is 59.4 Å². The van der Waals surface area contributed by atoms with Gasteiger partial charge in [0, 0.05) is 23.5 Å². The van der Waals surface area contributed by atoms with E-state index in [1.165, 1.54) is 11.1 Å². The van der Waals surface area contributed by atoms with E-state index in [-0.39, 0.29) is 42.5 Å². The van der Waals surface area contributed by atoms with Crippen molar-refractivity contribution in [3.8, 4) is 0 Å². The summed E-state index contributed by atoms with van der Waals surface area (Å²) in [4.78, 5) is 17.2. The number of azo groups is 1. The molecule has 0 radical (unpaired) electrons. The van der Waals surface area contributed by atoms with Crippen molar-refractivity contribution < 1.29 is 19.7 Å². The summed E-state index contributed by atoms with van der Waals surface area (Å²) < 4.78 is 4.91. The fourth-order valence-corrected chi connectivity index (χ4v) is 2.18. The lowest BCUT2D eigenvalue weighted by Crippen LogP contribution is -2.29. The highest BCUT2D eigenvalue weighted by molar-refractivity contribution is 8.93. The number of aliphatic hydroxyl groups excluding tert-OH is 2. The molecule has 0 unspecified atom stereocenters. The molecule has 0 saturated carbocycles. The fraction of sp³-hybridized carbons (Fsp3) is 0.294. The topological polar surface area (TPSA) is 108 Å². The smallest absolute Gasteiger partial charge is 0.325 e. The molecule has 0 spiro atoms. The molecule has 1 aromatic rings. The molecular formula is C17H21BrN4O4. The van der Waals surface area contributed by atoms with E-state index in [4.69, 9.17) is 4.74 Å². The number of aliphatic hydroxyl groups is 2. The molecule has 2 N–H and O–H groups in total. The number of ether oxygens (including phenoxy) is 1. The van der Waals surface area contributed by atoms with Crippen molar-refractivity contribution in [1.29, 1.82) is 0 Å². The first kappa shape index (κ1) is 21.5. The fourth-order valence-electron chi connectivity index (χ4n) is 2.18. The summed E-state index contributed by atoms with van der Waals surface area (Å²) in [5.41, 5.74) is 1.19. The number of hydrogen-bond donors (Lipinski definition) is 2. The minimum atomic E-state index is -0.426. The van der Waals surface area contributed by atoms with E-state index < -0.39 is 5.97 Å². The van der Waals surface area contributed by atoms with Crippen LogP contribution in [0.2, 0.25) is 0 Å². The van der Waals surface area contributed by atoms with Gasteiger partial charge in [-0.2, -0.15) is 5.11 Å². The SMILES string of the molecule is Br.CCOC(=O)CN1C=C(CO)/C(=C/N=Nc2ccccn2)C(O)=C1C. The Labute approximate surface area is 162 Å². The van der Waals surface area contributed by atoms with Gasteiger partial charge in [0.25, 0.3) is 0 Å². The molecule has 2 heterocycles. The van der Waals surface area contributed by atoms with Crippen LogP contribution in [0.4, 0.5) is 5.82 Å². The van der Waals surface area contributed by atoms with E-state index in [9.17, 15) is 15.0 Å². The zero-order chi connectivity index (χ0) is 18.2. The Morgan fingerprint density at radius 1 is 1.42 bits per heavy atom. The number of carbonyl (C=O) groups excluding carboxylic acids is 1. The second-order valence-electron chi connectivity index (χ2n) is 5.13. The third-order valence-electron chi connectivity index (χ3n) is 3.46. The predicted molar refractivity (Wildman–Crippen MR) is 101 cm³/mol. The Balaban J connectivity index is 0.00000338. The third kappa shape index (κ3) is 5.50. The Hall–Kier alpha value is -2.52. The molecule has 0 aromatic carbocycles. The molecule has 0 bridgehead atoms. The number of rotatable bonds is 6. The van der Waals surface area contributed by atoms with E-state index in [1.54, 1.807) is 44.4 Å². The maximum absolute atomic E-state index is 11.7. The average Bonchev–Trinajstić information content (AvgIpc) is 2.62. The Bertz CT molecular complexity index is 744. The van der Waals surface area contributed by atoms with Gasteiger partial charge >= 0.3 is 5.97 Å². The van der Waals surface area contributed by atoms with Crippen LogP contribution >= 0.6 is 17.0 Å². The monoisotopic (exact) mass is 424 g/mol. The number of esters is 1. The summed E-state index contributed by atoms with van der Waals surface area (Å²) in [6.45, 7) is 3.26. The van der Waals surface area contributed by atoms with E-state index in [1.807, 2.05) is 0 Å². The second-order valence-corrected chi connectivity index (χ2v) is 5.13. The van der Waals surface area contributed by atoms with E-state index >= 15 is 0 Å². The molecule has 0 atom stereocenters. The lowest BCUT2D eigenvalue weighted by Gasteiger charge is -2.28. The zero-order valence-corrected chi connectivity index (χ0v) is 16.2. The molecule has 0 fully saturated rings. The molecule has 9 heteroatoms. The molecule has 8 nitrogen and oxygen atoms in total. The minimum Gasteiger partial charge on any atom is -0.505 e. The average molecular weight is 425 g/mol. The van der Waals surface area contributed by atoms with Crippen molar-refractivity contribution in [3.63, 3.8) is 0 Å². The predicted octanol–water partition coefficient (Wildman–Crippen LogP) is 3.17. The molecule has 1 aromatic heterocycles. The van der Waals surface area contributed by atoms with E-state index in [0.717, 1.165) is 0 Å². The van der Waals surface area contributed by atoms with Crippen LogP contribution in [0.5, 0.6) is 0 Å². The quantitative estimate of drug-likeness (QED) is 0.536. The van der Waals surface area contributed by atoms with E-state index in [0.29, 0.717) is 22.7 Å². The van der Waals surface area contributed by atoms with Crippen molar-refractivity contribution >= 4 is 28.8 Å². The van der Waals surface area contributed by atoms with Crippen molar-refractivity contribution in [2.45, 2.75) is 13.8 Å². The summed E-state index contributed by atoms with van der Waals surface area (Å²) in [5.74, 6) is -0.0879. The summed E-state index contributed by atoms with van der Waals surface area (Å²) >= 11 is 0. The van der Waals surface area contributed by atoms with Gasteiger partial charge in [-0.3, -0.25) is 4.79 Å². The molecule has 1 aliphatic heterocycles. The van der Waals surface area contributed by atoms with Crippen LogP contribution in [0, 0.1) is 0 Å². The molecule has 140 valence electrons. The number of carbonyl (C=O) groups is 1. The van der Waals surface area contributed by atoms with Crippen molar-refractivity contribution in [2.75, 3.05) is 19.8 Å². The molecule has 0 aliphatic carbocycles. The Morgan fingerprint density at radius 2 is 2.19 bits per heavy atom. The van der Waals surface area contributed by atoms with Gasteiger partial charge in [0.1, 0.15) is 12.3 Å². The van der Waals surface area contributed by atoms with Crippen LogP contribution in [-0.2, 0) is 9.53 Å². The van der Waals surface area contributed by atoms with E-state index in [2.05, 4.69) is 15.2 Å². The molecular weight excluding hydrogens is 404 g/mol. The summed E-state index contributed by atoms with van der Waals surface area (Å²) in [6.07, 6.45) is 4.52. The first-order valence-electron chi connectivity index (χ1n) is 7.73. The molecule has 0 amide bonds. The van der Waals surface area contributed by atoms with Gasteiger partial charge < -0.3 is 19.8 Å². The first-order valence-corrected chi connectivity index (χ1v) is 7.73. The highest BCUT2D eigenvalue weighted by Crippen LogP contribution is 2.28. The second kappa shape index (κ2) is 10.5. The number of aromatic nitrogens is 1. The summed E-state index contributed by atoms with van der Waals surface area (Å²) in [7, 11) is 0. The van der Waals surface area contributed by atoms with Crippen LogP contribution in [-0.4, -0.2) is 45.8 Å². The maximum Gasteiger partial charge on any atom is 0.325 e. The van der Waals surface area contributed by atoms with Gasteiger partial charge in [-0.1, -0.05) is 6.07 Å². The lowest BCUT2D eigenvalue weighted by atomic mass is 10.0. The van der Waals surface area contributed by atoms with Gasteiger partial charge in [0.2, 0.25) is 0 Å². The van der Waals surface area contributed by atoms with Gasteiger partial charge in [0.05, 0.1) is 25.1 Å². The molecule has 0 saturated heterocycles. The number of pyridine rings is 1. The lowest BCUT2D eigenvalue weighted by molar-refractivity contribution is -0.143. The Kier molecular flexibility index (Phi) is 8.66. The van der Waals surface area contributed by atoms with Gasteiger partial charge in [-0.15, -0.1) is 22.1 Å². The number of nitrogens with zero attached hydrogens (tertiary/aromatic N) is 4. The minimum absolute atomic E-state index is 0. The summed E-state index contributed by atoms with van der Waals surface area (Å²) in [6, 6.07) is 5.23. The van der Waals surface area contributed by atoms with Gasteiger partial charge in [-0.05, 0) is 26.0 Å². The molecule has 26 heavy (non-hydrogen) atoms. The number of allylic oxidation sites excluding steroid dienone is 2. The van der Waals surface area contributed by atoms with Crippen LogP contribution < -0.4 is 0 Å². The van der Waals surface area contributed by atoms with Crippen LogP contribution in [0.3, 0.4) is 0 Å². The molecule has 1 aliphatic rings. The van der Waals surface area contributed by atoms with Crippen LogP contribution in [0.25, 0.3) is 0 Å². The molecule has 2 rings (SSSR count). The standard InChI is InChI=1S/C17H20N4O4.BrH/c1-3-25-16(23)10-21-9-13(11-22)14(17(24)12(21)2)8-19-20-15-6-4-5-7-18-15;/h4-9,22,24H,3,10-11H2,1-2H3;1H/b14-8-,20-19?;. The van der Waals surface area contributed by atoms with Gasteiger partial charge in [0.15, 0.2) is 5.82 Å². The van der Waals surface area contributed by atoms with Crippen LogP contribution in [0.15, 0.2) is 69.6 Å². The van der Waals surface area contributed by atoms with Crippen LogP contribution in [0.1, 0.15) is 13.8 Å². The number of halogens is 1. The van der Waals surface area contributed by atoms with Crippen molar-refractivity contribution in [1.82, 2.24) is 9.88 Å². The van der Waals surface area contributed by atoms with Crippen molar-refractivity contribution in [2.24, 2.45) is 10.2 Å². The maximum atomic E-state index is 11.7. The highest BCUT2D eigenvalue weighted by atomic mass is 79.9. The largest absolute Gasteiger partial charge is 0.505 e. The van der Waals surface area contributed by atoms with Gasteiger partial charge in [-0.25, -0.2) is 4.98 Å². The summed E-state index contributed by atoms with van der Waals surface area (Å²) in [5, 5.41) is 27.8. The normalized spacial score (nSPS) is 15.9. The highest BCUT2D eigenvalue weighted by Gasteiger charge is 2.23. The Morgan fingerprint density at radius 3 is 2.81 bits per heavy atom. The third-order valence-corrected chi connectivity index (χ3v) is 3.46.